The van der Waals surface area contributed by atoms with Gasteiger partial charge < -0.3 is 16.0 Å². The fourth-order valence-electron chi connectivity index (χ4n) is 4.22. The summed E-state index contributed by atoms with van der Waals surface area (Å²) in [6.07, 6.45) is 0. The van der Waals surface area contributed by atoms with Crippen molar-refractivity contribution in [3.8, 4) is 0 Å². The lowest BCUT2D eigenvalue weighted by Gasteiger charge is -2.39. The van der Waals surface area contributed by atoms with E-state index in [1.165, 1.54) is 24.3 Å². The van der Waals surface area contributed by atoms with Gasteiger partial charge in [0.1, 0.15) is 11.6 Å². The van der Waals surface area contributed by atoms with E-state index in [-0.39, 0.29) is 23.6 Å². The molecule has 4 rings (SSSR count). The Morgan fingerprint density at radius 1 is 0.794 bits per heavy atom. The summed E-state index contributed by atoms with van der Waals surface area (Å²) in [6, 6.07) is 19.0. The summed E-state index contributed by atoms with van der Waals surface area (Å²) < 4.78 is 27.0. The Balaban J connectivity index is 1.45. The van der Waals surface area contributed by atoms with Crippen LogP contribution in [0.1, 0.15) is 33.1 Å². The van der Waals surface area contributed by atoms with E-state index in [1.54, 1.807) is 53.4 Å². The molecule has 0 bridgehead atoms. The number of carbonyl (C=O) groups is 2. The van der Waals surface area contributed by atoms with Gasteiger partial charge in [0.2, 0.25) is 0 Å². The number of rotatable bonds is 6. The number of carbonyl (C=O) groups excluding carboxylic acids is 2. The number of halogens is 2. The summed E-state index contributed by atoms with van der Waals surface area (Å²) in [7, 11) is 0. The molecule has 1 aliphatic rings. The molecule has 0 radical (unpaired) electrons. The summed E-state index contributed by atoms with van der Waals surface area (Å²) in [5.41, 5.74) is 8.33. The van der Waals surface area contributed by atoms with Gasteiger partial charge in [-0.2, -0.15) is 0 Å². The maximum Gasteiger partial charge on any atom is 0.312 e. The Morgan fingerprint density at radius 3 is 1.76 bits per heavy atom. The van der Waals surface area contributed by atoms with Gasteiger partial charge >= 0.3 is 6.03 Å². The summed E-state index contributed by atoms with van der Waals surface area (Å²) in [5, 5.41) is 2.52. The van der Waals surface area contributed by atoms with Crippen LogP contribution in [0.2, 0.25) is 0 Å². The highest BCUT2D eigenvalue weighted by Gasteiger charge is 2.28. The molecule has 34 heavy (non-hydrogen) atoms. The van der Waals surface area contributed by atoms with Gasteiger partial charge in [-0.1, -0.05) is 36.4 Å². The predicted molar refractivity (Wildman–Crippen MR) is 125 cm³/mol. The van der Waals surface area contributed by atoms with Crippen LogP contribution >= 0.6 is 0 Å². The molecule has 0 spiro atoms. The summed E-state index contributed by atoms with van der Waals surface area (Å²) in [6.45, 7) is 2.60. The van der Waals surface area contributed by atoms with Gasteiger partial charge in [-0.15, -0.1) is 0 Å². The lowest BCUT2D eigenvalue weighted by atomic mass is 9.96. The summed E-state index contributed by atoms with van der Waals surface area (Å²) >= 11 is 0. The number of primary amides is 1. The first-order valence-electron chi connectivity index (χ1n) is 11.1. The molecule has 1 heterocycles. The first-order valence-corrected chi connectivity index (χ1v) is 11.1. The molecule has 0 unspecified atom stereocenters. The van der Waals surface area contributed by atoms with E-state index >= 15 is 0 Å². The first-order chi connectivity index (χ1) is 16.4. The van der Waals surface area contributed by atoms with Crippen LogP contribution in [-0.4, -0.2) is 47.9 Å². The minimum atomic E-state index is -0.599. The Bertz CT molecular complexity index is 1080. The minimum absolute atomic E-state index is 0.0609. The van der Waals surface area contributed by atoms with Crippen molar-refractivity contribution in [1.29, 1.82) is 0 Å². The third kappa shape index (κ3) is 5.58. The fourth-order valence-corrected chi connectivity index (χ4v) is 4.22. The van der Waals surface area contributed by atoms with Crippen LogP contribution in [-0.2, 0) is 6.54 Å². The second-order valence-electron chi connectivity index (χ2n) is 8.25. The molecule has 6 nitrogen and oxygen atoms in total. The number of hydrogen-bond donors (Lipinski definition) is 2. The third-order valence-corrected chi connectivity index (χ3v) is 6.01. The van der Waals surface area contributed by atoms with Crippen molar-refractivity contribution < 1.29 is 18.4 Å². The molecule has 1 aliphatic heterocycles. The van der Waals surface area contributed by atoms with E-state index in [0.29, 0.717) is 38.3 Å². The van der Waals surface area contributed by atoms with Crippen molar-refractivity contribution in [2.45, 2.75) is 12.6 Å². The second kappa shape index (κ2) is 10.4. The van der Waals surface area contributed by atoms with Gasteiger partial charge in [-0.05, 0) is 53.1 Å². The number of hydrogen-bond acceptors (Lipinski definition) is 3. The van der Waals surface area contributed by atoms with Crippen LogP contribution in [0.4, 0.5) is 13.6 Å². The number of nitrogens with two attached hydrogens (primary N) is 1. The molecular weight excluding hydrogens is 438 g/mol. The molecule has 1 saturated heterocycles. The van der Waals surface area contributed by atoms with Gasteiger partial charge in [0.25, 0.3) is 5.91 Å². The van der Waals surface area contributed by atoms with Crippen molar-refractivity contribution in [1.82, 2.24) is 15.1 Å². The number of benzene rings is 3. The van der Waals surface area contributed by atoms with Crippen molar-refractivity contribution in [3.63, 3.8) is 0 Å². The van der Waals surface area contributed by atoms with Crippen molar-refractivity contribution in [2.75, 3.05) is 26.2 Å². The highest BCUT2D eigenvalue weighted by atomic mass is 19.1. The van der Waals surface area contributed by atoms with E-state index in [0.717, 1.165) is 16.7 Å². The maximum atomic E-state index is 13.5. The fraction of sp³-hybridized carbons (Fsp3) is 0.231. The highest BCUT2D eigenvalue weighted by Crippen LogP contribution is 2.30. The molecule has 0 saturated carbocycles. The van der Waals surface area contributed by atoms with Crippen LogP contribution < -0.4 is 11.1 Å². The van der Waals surface area contributed by atoms with E-state index in [4.69, 9.17) is 5.73 Å². The normalized spacial score (nSPS) is 14.3. The first kappa shape index (κ1) is 23.4. The number of nitrogens with one attached hydrogen (secondary N) is 1. The Morgan fingerprint density at radius 2 is 1.29 bits per heavy atom. The molecule has 1 fully saturated rings. The van der Waals surface area contributed by atoms with Gasteiger partial charge in [-0.25, -0.2) is 13.6 Å². The molecule has 3 amide bonds. The van der Waals surface area contributed by atoms with Crippen LogP contribution in [0, 0.1) is 11.6 Å². The van der Waals surface area contributed by atoms with E-state index in [2.05, 4.69) is 10.2 Å². The maximum absolute atomic E-state index is 13.5. The Kier molecular flexibility index (Phi) is 7.18. The minimum Gasteiger partial charge on any atom is -0.352 e. The average molecular weight is 465 g/mol. The number of amides is 3. The molecule has 3 aromatic carbocycles. The van der Waals surface area contributed by atoms with Crippen molar-refractivity contribution in [2.24, 2.45) is 5.73 Å². The van der Waals surface area contributed by atoms with E-state index < -0.39 is 6.03 Å². The van der Waals surface area contributed by atoms with Gasteiger partial charge in [0.15, 0.2) is 0 Å². The second-order valence-corrected chi connectivity index (χ2v) is 8.25. The third-order valence-electron chi connectivity index (χ3n) is 6.01. The quantitative estimate of drug-likeness (QED) is 0.584. The smallest absolute Gasteiger partial charge is 0.312 e. The number of nitrogens with zero attached hydrogens (tertiary/aromatic N) is 2. The lowest BCUT2D eigenvalue weighted by Crippen LogP contribution is -2.49. The zero-order chi connectivity index (χ0) is 24.1. The molecule has 8 heteroatoms. The molecular formula is C26H26F2N4O2. The van der Waals surface area contributed by atoms with Crippen molar-refractivity contribution >= 4 is 11.9 Å². The summed E-state index contributed by atoms with van der Waals surface area (Å²) in [4.78, 5) is 27.9. The standard InChI is InChI=1S/C26H26F2N4O2/c27-22-9-5-19(6-10-22)24(20-7-11-23(28)12-8-20)31-13-15-32(16-14-31)25(33)21-3-1-18(2-4-21)17-30-26(29)34/h1-12,24H,13-17H2,(H3,29,30,34). The Hall–Kier alpha value is -3.78. The monoisotopic (exact) mass is 464 g/mol. The van der Waals surface area contributed by atoms with Gasteiger partial charge in [-0.3, -0.25) is 9.69 Å². The predicted octanol–water partition coefficient (Wildman–Crippen LogP) is 3.68. The number of urea groups is 1. The van der Waals surface area contributed by atoms with Gasteiger partial charge in [0.05, 0.1) is 6.04 Å². The van der Waals surface area contributed by atoms with E-state index in [9.17, 15) is 18.4 Å². The zero-order valence-corrected chi connectivity index (χ0v) is 18.6. The lowest BCUT2D eigenvalue weighted by molar-refractivity contribution is 0.0597. The Labute approximate surface area is 197 Å². The average Bonchev–Trinajstić information content (AvgIpc) is 2.85. The molecule has 0 aromatic heterocycles. The van der Waals surface area contributed by atoms with E-state index in [1.807, 2.05) is 0 Å². The SMILES string of the molecule is NC(=O)NCc1ccc(C(=O)N2CCN(C(c3ccc(F)cc3)c3ccc(F)cc3)CC2)cc1. The molecule has 0 atom stereocenters. The van der Waals surface area contributed by atoms with Gasteiger partial charge in [0, 0.05) is 38.3 Å². The molecule has 176 valence electrons. The summed E-state index contributed by atoms with van der Waals surface area (Å²) in [5.74, 6) is -0.684. The molecule has 3 aromatic rings. The molecule has 3 N–H and O–H groups in total. The zero-order valence-electron chi connectivity index (χ0n) is 18.6. The number of piperazine rings is 1. The van der Waals surface area contributed by atoms with Crippen LogP contribution in [0.25, 0.3) is 0 Å². The highest BCUT2D eigenvalue weighted by molar-refractivity contribution is 5.94. The van der Waals surface area contributed by atoms with Crippen LogP contribution in [0.3, 0.4) is 0 Å². The molecule has 0 aliphatic carbocycles. The van der Waals surface area contributed by atoms with Crippen molar-refractivity contribution in [3.05, 3.63) is 107 Å². The van der Waals surface area contributed by atoms with Crippen LogP contribution in [0.5, 0.6) is 0 Å². The topological polar surface area (TPSA) is 78.7 Å². The largest absolute Gasteiger partial charge is 0.352 e. The van der Waals surface area contributed by atoms with Crippen LogP contribution in [0.15, 0.2) is 72.8 Å².